The normalized spacial score (nSPS) is 15.3. The molecule has 35 heavy (non-hydrogen) atoms. The second kappa shape index (κ2) is 9.79. The number of hydrogen-bond donors (Lipinski definition) is 1. The minimum atomic E-state index is -3.71. The van der Waals surface area contributed by atoms with Crippen molar-refractivity contribution < 1.29 is 22.7 Å². The molecule has 0 aromatic heterocycles. The van der Waals surface area contributed by atoms with Gasteiger partial charge in [-0.15, -0.1) is 0 Å². The van der Waals surface area contributed by atoms with E-state index in [-0.39, 0.29) is 24.0 Å². The molecule has 3 aromatic carbocycles. The lowest BCUT2D eigenvalue weighted by molar-refractivity contribution is -0.142. The maximum atomic E-state index is 12.9. The van der Waals surface area contributed by atoms with E-state index in [1.807, 2.05) is 31.2 Å². The smallest absolute Gasteiger partial charge is 0.264 e. The standard InChI is InChI=1S/C26H27N3O5S/c1-18-7-13-23(14-8-18)35(32,33)28(2)21-9-11-22(12-10-21)34-17-25(30)29-16-20-6-4-3-5-19(20)15-24(29)26(27)31/h3-14,24H,15-17H2,1-2H3,(H2,27,31)/t24-/m0/s1. The highest BCUT2D eigenvalue weighted by atomic mass is 32.2. The second-order valence-electron chi connectivity index (χ2n) is 8.48. The van der Waals surface area contributed by atoms with Crippen LogP contribution >= 0.6 is 0 Å². The summed E-state index contributed by atoms with van der Waals surface area (Å²) in [4.78, 5) is 26.5. The second-order valence-corrected chi connectivity index (χ2v) is 10.5. The van der Waals surface area contributed by atoms with Crippen molar-refractivity contribution >= 4 is 27.5 Å². The van der Waals surface area contributed by atoms with Gasteiger partial charge < -0.3 is 15.4 Å². The van der Waals surface area contributed by atoms with Gasteiger partial charge in [0.1, 0.15) is 11.8 Å². The van der Waals surface area contributed by atoms with Gasteiger partial charge in [0.25, 0.3) is 15.9 Å². The van der Waals surface area contributed by atoms with Gasteiger partial charge in [-0.25, -0.2) is 8.42 Å². The average molecular weight is 494 g/mol. The Balaban J connectivity index is 1.42. The number of nitrogens with two attached hydrogens (primary N) is 1. The molecule has 1 heterocycles. The summed E-state index contributed by atoms with van der Waals surface area (Å²) in [6.07, 6.45) is 0.369. The van der Waals surface area contributed by atoms with E-state index in [2.05, 4.69) is 0 Å². The van der Waals surface area contributed by atoms with E-state index in [9.17, 15) is 18.0 Å². The first kappa shape index (κ1) is 24.3. The molecule has 4 rings (SSSR count). The zero-order chi connectivity index (χ0) is 25.2. The Morgan fingerprint density at radius 3 is 2.26 bits per heavy atom. The minimum Gasteiger partial charge on any atom is -0.484 e. The maximum Gasteiger partial charge on any atom is 0.264 e. The summed E-state index contributed by atoms with van der Waals surface area (Å²) < 4.78 is 32.6. The topological polar surface area (TPSA) is 110 Å². The number of amides is 2. The first-order valence-corrected chi connectivity index (χ1v) is 12.5. The zero-order valence-electron chi connectivity index (χ0n) is 19.5. The van der Waals surface area contributed by atoms with Gasteiger partial charge in [-0.2, -0.15) is 0 Å². The Bertz CT molecular complexity index is 1340. The molecule has 1 atom stereocenters. The van der Waals surface area contributed by atoms with Crippen molar-refractivity contribution in [2.75, 3.05) is 18.0 Å². The van der Waals surface area contributed by atoms with Crippen LogP contribution in [0, 0.1) is 6.92 Å². The minimum absolute atomic E-state index is 0.198. The van der Waals surface area contributed by atoms with Gasteiger partial charge in [0, 0.05) is 20.0 Å². The fourth-order valence-electron chi connectivity index (χ4n) is 4.03. The molecule has 8 nitrogen and oxygen atoms in total. The number of benzene rings is 3. The highest BCUT2D eigenvalue weighted by Crippen LogP contribution is 2.26. The molecule has 0 unspecified atom stereocenters. The van der Waals surface area contributed by atoms with E-state index in [1.165, 1.54) is 16.3 Å². The van der Waals surface area contributed by atoms with Gasteiger partial charge >= 0.3 is 0 Å². The molecular formula is C26H27N3O5S. The van der Waals surface area contributed by atoms with Crippen LogP contribution in [-0.2, 0) is 32.6 Å². The van der Waals surface area contributed by atoms with Crippen molar-refractivity contribution in [1.82, 2.24) is 4.90 Å². The SMILES string of the molecule is Cc1ccc(S(=O)(=O)N(C)c2ccc(OCC(=O)N3Cc4ccccc4C[C@H]3C(N)=O)cc2)cc1. The third-order valence-electron chi connectivity index (χ3n) is 6.14. The Hall–Kier alpha value is -3.85. The third kappa shape index (κ3) is 5.14. The summed E-state index contributed by atoms with van der Waals surface area (Å²) >= 11 is 0. The van der Waals surface area contributed by atoms with Gasteiger partial charge in [-0.1, -0.05) is 42.0 Å². The van der Waals surface area contributed by atoms with Gasteiger partial charge in [0.2, 0.25) is 5.91 Å². The fraction of sp³-hybridized carbons (Fsp3) is 0.231. The number of ether oxygens (including phenoxy) is 1. The Kier molecular flexibility index (Phi) is 6.79. The highest BCUT2D eigenvalue weighted by molar-refractivity contribution is 7.92. The van der Waals surface area contributed by atoms with Crippen LogP contribution in [-0.4, -0.2) is 44.8 Å². The van der Waals surface area contributed by atoms with E-state index < -0.39 is 22.0 Å². The summed E-state index contributed by atoms with van der Waals surface area (Å²) in [5, 5.41) is 0. The van der Waals surface area contributed by atoms with Crippen LogP contribution in [0.25, 0.3) is 0 Å². The molecule has 2 amide bonds. The summed E-state index contributed by atoms with van der Waals surface area (Å²) in [6, 6.07) is 20.0. The van der Waals surface area contributed by atoms with Crippen LogP contribution in [0.1, 0.15) is 16.7 Å². The van der Waals surface area contributed by atoms with Crippen LogP contribution < -0.4 is 14.8 Å². The molecule has 0 saturated carbocycles. The highest BCUT2D eigenvalue weighted by Gasteiger charge is 2.33. The first-order chi connectivity index (χ1) is 16.7. The van der Waals surface area contributed by atoms with Crippen LogP contribution in [0.5, 0.6) is 5.75 Å². The number of anilines is 1. The van der Waals surface area contributed by atoms with Crippen molar-refractivity contribution in [3.05, 3.63) is 89.5 Å². The van der Waals surface area contributed by atoms with Crippen molar-refractivity contribution in [3.8, 4) is 5.75 Å². The summed E-state index contributed by atoms with van der Waals surface area (Å²) in [6.45, 7) is 1.90. The van der Waals surface area contributed by atoms with E-state index in [1.54, 1.807) is 48.5 Å². The number of nitrogens with zero attached hydrogens (tertiary/aromatic N) is 2. The molecule has 182 valence electrons. The quantitative estimate of drug-likeness (QED) is 0.544. The number of carbonyl (C=O) groups is 2. The Labute approximate surface area is 205 Å². The molecule has 2 N–H and O–H groups in total. The average Bonchev–Trinajstić information content (AvgIpc) is 2.86. The summed E-state index contributed by atoms with van der Waals surface area (Å²) in [5.74, 6) is -0.516. The van der Waals surface area contributed by atoms with E-state index in [4.69, 9.17) is 10.5 Å². The zero-order valence-corrected chi connectivity index (χ0v) is 20.4. The maximum absolute atomic E-state index is 12.9. The van der Waals surface area contributed by atoms with Gasteiger partial charge in [0.15, 0.2) is 6.61 Å². The van der Waals surface area contributed by atoms with E-state index in [0.29, 0.717) is 17.9 Å². The van der Waals surface area contributed by atoms with Crippen LogP contribution in [0.2, 0.25) is 0 Å². The summed E-state index contributed by atoms with van der Waals surface area (Å²) in [7, 11) is -2.23. The number of sulfonamides is 1. The summed E-state index contributed by atoms with van der Waals surface area (Å²) in [5.41, 5.74) is 8.96. The van der Waals surface area contributed by atoms with Gasteiger partial charge in [-0.3, -0.25) is 13.9 Å². The Morgan fingerprint density at radius 2 is 1.63 bits per heavy atom. The lowest BCUT2D eigenvalue weighted by Gasteiger charge is -2.35. The molecule has 1 aliphatic rings. The predicted octanol–water partition coefficient (Wildman–Crippen LogP) is 2.64. The molecule has 0 saturated heterocycles. The number of carbonyl (C=O) groups excluding carboxylic acids is 2. The first-order valence-electron chi connectivity index (χ1n) is 11.1. The Morgan fingerprint density at radius 1 is 1.00 bits per heavy atom. The third-order valence-corrected chi connectivity index (χ3v) is 7.94. The molecular weight excluding hydrogens is 466 g/mol. The van der Waals surface area contributed by atoms with Crippen LogP contribution in [0.15, 0.2) is 77.7 Å². The van der Waals surface area contributed by atoms with Crippen LogP contribution in [0.4, 0.5) is 5.69 Å². The molecule has 0 fully saturated rings. The molecule has 1 aliphatic heterocycles. The number of rotatable bonds is 7. The lowest BCUT2D eigenvalue weighted by Crippen LogP contribution is -2.52. The van der Waals surface area contributed by atoms with E-state index >= 15 is 0 Å². The van der Waals surface area contributed by atoms with Gasteiger partial charge in [-0.05, 0) is 54.4 Å². The molecule has 0 radical (unpaired) electrons. The number of hydrogen-bond acceptors (Lipinski definition) is 5. The largest absolute Gasteiger partial charge is 0.484 e. The van der Waals surface area contributed by atoms with Crippen molar-refractivity contribution in [2.24, 2.45) is 5.73 Å². The molecule has 0 aliphatic carbocycles. The lowest BCUT2D eigenvalue weighted by atomic mass is 9.93. The molecule has 0 bridgehead atoms. The predicted molar refractivity (Wildman–Crippen MR) is 132 cm³/mol. The molecule has 3 aromatic rings. The van der Waals surface area contributed by atoms with Crippen molar-refractivity contribution in [2.45, 2.75) is 30.8 Å². The van der Waals surface area contributed by atoms with E-state index in [0.717, 1.165) is 16.7 Å². The molecule has 0 spiro atoms. The molecule has 9 heteroatoms. The van der Waals surface area contributed by atoms with Crippen molar-refractivity contribution in [1.29, 1.82) is 0 Å². The number of aryl methyl sites for hydroxylation is 1. The number of fused-ring (bicyclic) bond motifs is 1. The monoisotopic (exact) mass is 493 g/mol. The van der Waals surface area contributed by atoms with Crippen LogP contribution in [0.3, 0.4) is 0 Å². The fourth-order valence-corrected chi connectivity index (χ4v) is 5.22. The van der Waals surface area contributed by atoms with Crippen molar-refractivity contribution in [3.63, 3.8) is 0 Å². The van der Waals surface area contributed by atoms with Gasteiger partial charge in [0.05, 0.1) is 10.6 Å². The number of primary amides is 1.